The van der Waals surface area contributed by atoms with Crippen LogP contribution in [0.4, 0.5) is 0 Å². The highest BCUT2D eigenvalue weighted by atomic mass is 16.7. The summed E-state index contributed by atoms with van der Waals surface area (Å²) in [7, 11) is 0. The van der Waals surface area contributed by atoms with Crippen LogP contribution in [0.25, 0.3) is 6.08 Å². The number of rotatable bonds is 2. The maximum absolute atomic E-state index is 13.9. The first kappa shape index (κ1) is 20.5. The molecule has 2 unspecified atom stereocenters. The van der Waals surface area contributed by atoms with E-state index in [0.717, 1.165) is 5.57 Å². The van der Waals surface area contributed by atoms with Crippen LogP contribution in [0.5, 0.6) is 28.7 Å². The molecule has 3 N–H and O–H groups in total. The fourth-order valence-corrected chi connectivity index (χ4v) is 4.46. The third kappa shape index (κ3) is 2.61. The second-order valence-corrected chi connectivity index (χ2v) is 9.22. The molecule has 0 amide bonds. The van der Waals surface area contributed by atoms with Crippen LogP contribution in [0.3, 0.4) is 0 Å². The van der Waals surface area contributed by atoms with E-state index in [9.17, 15) is 20.1 Å². The molecule has 2 aromatic rings. The molecule has 7 heteroatoms. The molecule has 5 rings (SSSR count). The van der Waals surface area contributed by atoms with Crippen molar-refractivity contribution in [2.24, 2.45) is 0 Å². The maximum atomic E-state index is 13.9. The third-order valence-corrected chi connectivity index (χ3v) is 6.09. The van der Waals surface area contributed by atoms with Gasteiger partial charge in [-0.05, 0) is 52.0 Å². The zero-order valence-electron chi connectivity index (χ0n) is 18.2. The van der Waals surface area contributed by atoms with E-state index in [1.807, 2.05) is 33.8 Å². The second kappa shape index (κ2) is 6.29. The lowest BCUT2D eigenvalue weighted by Crippen LogP contribution is -2.62. The molecular formula is C25H24O7. The zero-order chi connectivity index (χ0) is 23.1. The van der Waals surface area contributed by atoms with Gasteiger partial charge in [0.1, 0.15) is 39.9 Å². The molecule has 0 aromatic heterocycles. The monoisotopic (exact) mass is 436 g/mol. The van der Waals surface area contributed by atoms with E-state index in [1.165, 1.54) is 24.3 Å². The van der Waals surface area contributed by atoms with Crippen molar-refractivity contribution in [1.29, 1.82) is 0 Å². The van der Waals surface area contributed by atoms with Crippen molar-refractivity contribution in [3.05, 3.63) is 58.7 Å². The van der Waals surface area contributed by atoms with Crippen molar-refractivity contribution in [1.82, 2.24) is 0 Å². The quantitative estimate of drug-likeness (QED) is 0.606. The Bertz CT molecular complexity index is 1240. The Morgan fingerprint density at radius 3 is 2.53 bits per heavy atom. The first-order valence-electron chi connectivity index (χ1n) is 10.4. The van der Waals surface area contributed by atoms with Gasteiger partial charge in [0.25, 0.3) is 5.79 Å². The first-order valence-corrected chi connectivity index (χ1v) is 10.4. The van der Waals surface area contributed by atoms with Gasteiger partial charge in [0.05, 0.1) is 11.1 Å². The highest BCUT2D eigenvalue weighted by Crippen LogP contribution is 2.59. The molecule has 32 heavy (non-hydrogen) atoms. The summed E-state index contributed by atoms with van der Waals surface area (Å²) in [5, 5.41) is 32.7. The molecule has 2 atom stereocenters. The fourth-order valence-electron chi connectivity index (χ4n) is 4.46. The van der Waals surface area contributed by atoms with E-state index >= 15 is 0 Å². The Hall–Kier alpha value is -3.45. The number of carbonyl (C=O) groups is 1. The lowest BCUT2D eigenvalue weighted by molar-refractivity contribution is -0.221. The number of aromatic hydroxyl groups is 2. The Labute approximate surface area is 185 Å². The molecule has 3 heterocycles. The fraction of sp³-hybridized carbons (Fsp3) is 0.320. The van der Waals surface area contributed by atoms with Crippen molar-refractivity contribution < 1.29 is 34.3 Å². The van der Waals surface area contributed by atoms with Crippen LogP contribution >= 0.6 is 0 Å². The number of Topliss-reactive ketones (excluding diaryl/α,β-unsaturated/α-hetero) is 1. The van der Waals surface area contributed by atoms with Crippen LogP contribution in [0.1, 0.15) is 55.6 Å². The second-order valence-electron chi connectivity index (χ2n) is 9.22. The molecule has 3 aliphatic heterocycles. The summed E-state index contributed by atoms with van der Waals surface area (Å²) >= 11 is 0. The van der Waals surface area contributed by atoms with Gasteiger partial charge in [0, 0.05) is 18.6 Å². The van der Waals surface area contributed by atoms with Gasteiger partial charge in [-0.3, -0.25) is 4.79 Å². The Balaban J connectivity index is 1.78. The predicted molar refractivity (Wildman–Crippen MR) is 116 cm³/mol. The number of benzene rings is 2. The molecule has 166 valence electrons. The summed E-state index contributed by atoms with van der Waals surface area (Å²) in [6, 6.07) is 5.58. The van der Waals surface area contributed by atoms with Crippen LogP contribution in [0.2, 0.25) is 0 Å². The van der Waals surface area contributed by atoms with Crippen molar-refractivity contribution >= 4 is 11.9 Å². The molecule has 0 fully saturated rings. The lowest BCUT2D eigenvalue weighted by atomic mass is 9.76. The van der Waals surface area contributed by atoms with Crippen molar-refractivity contribution in [2.75, 3.05) is 0 Å². The van der Waals surface area contributed by atoms with Gasteiger partial charge >= 0.3 is 0 Å². The molecule has 3 aliphatic rings. The topological polar surface area (TPSA) is 105 Å². The van der Waals surface area contributed by atoms with Crippen LogP contribution in [-0.2, 0) is 5.79 Å². The van der Waals surface area contributed by atoms with Crippen LogP contribution in [-0.4, -0.2) is 32.3 Å². The maximum Gasteiger partial charge on any atom is 0.286 e. The van der Waals surface area contributed by atoms with Gasteiger partial charge in [0.2, 0.25) is 11.4 Å². The summed E-state index contributed by atoms with van der Waals surface area (Å²) in [6.45, 7) is 7.45. The summed E-state index contributed by atoms with van der Waals surface area (Å²) < 4.78 is 18.2. The predicted octanol–water partition coefficient (Wildman–Crippen LogP) is 4.19. The molecular weight excluding hydrogens is 412 g/mol. The number of phenolic OH excluding ortho intramolecular Hbond substituents is 2. The summed E-state index contributed by atoms with van der Waals surface area (Å²) in [6.07, 6.45) is 5.33. The van der Waals surface area contributed by atoms with Gasteiger partial charge in [0.15, 0.2) is 0 Å². The van der Waals surface area contributed by atoms with E-state index in [4.69, 9.17) is 14.2 Å². The molecule has 0 radical (unpaired) electrons. The van der Waals surface area contributed by atoms with E-state index < -0.39 is 22.8 Å². The summed E-state index contributed by atoms with van der Waals surface area (Å²) in [4.78, 5) is 13.9. The summed E-state index contributed by atoms with van der Waals surface area (Å²) in [5.74, 6) is -2.70. The van der Waals surface area contributed by atoms with Crippen molar-refractivity contribution in [3.8, 4) is 28.7 Å². The highest BCUT2D eigenvalue weighted by molar-refractivity contribution is 6.11. The standard InChI is InChI=1S/C25H24O7/c1-13(2)7-10-24-22(28)20-17(27)12-18-15(8-9-23(3,4)30-18)21(20)32-25(24,29)16-6-5-14(26)11-19(16)31-24/h5-9,11-12,26-27,29H,10H2,1-4H3. The molecule has 0 spiro atoms. The van der Waals surface area contributed by atoms with Gasteiger partial charge in [-0.25, -0.2) is 0 Å². The SMILES string of the molecule is CC(C)=CCC12Oc3cc(O)ccc3C1(O)Oc1c3c(cc(O)c1C2=O)OC(C)(C)C=C3. The molecule has 0 bridgehead atoms. The van der Waals surface area contributed by atoms with Gasteiger partial charge in [-0.15, -0.1) is 0 Å². The molecule has 2 aromatic carbocycles. The summed E-state index contributed by atoms with van der Waals surface area (Å²) in [5.41, 5.74) is -0.998. The molecule has 0 aliphatic carbocycles. The van der Waals surface area contributed by atoms with Crippen LogP contribution in [0.15, 0.2) is 42.0 Å². The average Bonchev–Trinajstić information content (AvgIpc) is 2.93. The first-order chi connectivity index (χ1) is 15.0. The van der Waals surface area contributed by atoms with E-state index in [-0.39, 0.29) is 40.5 Å². The third-order valence-electron chi connectivity index (χ3n) is 6.09. The highest BCUT2D eigenvalue weighted by Gasteiger charge is 2.70. The van der Waals surface area contributed by atoms with Crippen LogP contribution in [0, 0.1) is 0 Å². The number of aliphatic hydroxyl groups is 1. The Morgan fingerprint density at radius 2 is 1.81 bits per heavy atom. The number of carbonyl (C=O) groups excluding carboxylic acids is 1. The Morgan fingerprint density at radius 1 is 1.06 bits per heavy atom. The van der Waals surface area contributed by atoms with Gasteiger partial charge in [-0.2, -0.15) is 0 Å². The molecule has 0 saturated heterocycles. The van der Waals surface area contributed by atoms with E-state index in [2.05, 4.69) is 0 Å². The van der Waals surface area contributed by atoms with Crippen molar-refractivity contribution in [2.45, 2.75) is 51.1 Å². The molecule has 7 nitrogen and oxygen atoms in total. The number of allylic oxidation sites excluding steroid dienone is 1. The largest absolute Gasteiger partial charge is 0.508 e. The molecule has 0 saturated carbocycles. The van der Waals surface area contributed by atoms with Gasteiger partial charge < -0.3 is 29.5 Å². The normalized spacial score (nSPS) is 26.0. The van der Waals surface area contributed by atoms with Crippen LogP contribution < -0.4 is 14.2 Å². The minimum absolute atomic E-state index is 0.00452. The lowest BCUT2D eigenvalue weighted by Gasteiger charge is -2.43. The van der Waals surface area contributed by atoms with E-state index in [1.54, 1.807) is 12.2 Å². The van der Waals surface area contributed by atoms with E-state index in [0.29, 0.717) is 11.3 Å². The number of fused-ring (bicyclic) bond motifs is 6. The van der Waals surface area contributed by atoms with Crippen molar-refractivity contribution in [3.63, 3.8) is 0 Å². The number of hydrogen-bond donors (Lipinski definition) is 3. The number of ether oxygens (including phenoxy) is 3. The number of phenols is 2. The average molecular weight is 436 g/mol. The smallest absolute Gasteiger partial charge is 0.286 e. The minimum Gasteiger partial charge on any atom is -0.508 e. The zero-order valence-corrected chi connectivity index (χ0v) is 18.2. The number of hydrogen-bond acceptors (Lipinski definition) is 7. The number of ketones is 1. The Kier molecular flexibility index (Phi) is 4.02. The van der Waals surface area contributed by atoms with Gasteiger partial charge in [-0.1, -0.05) is 11.6 Å². The minimum atomic E-state index is -2.19.